The molecule has 1 N–H and O–H groups in total. The Bertz CT molecular complexity index is 146. The second-order valence-electron chi connectivity index (χ2n) is 4.03. The van der Waals surface area contributed by atoms with Gasteiger partial charge < -0.3 is 14.8 Å². The zero-order chi connectivity index (χ0) is 10.9. The minimum absolute atomic E-state index is 0.00695. The van der Waals surface area contributed by atoms with Crippen LogP contribution in [0.2, 0.25) is 12.1 Å². The zero-order valence-electron chi connectivity index (χ0n) is 10.00. The van der Waals surface area contributed by atoms with Crippen molar-refractivity contribution in [2.75, 3.05) is 40.5 Å². The summed E-state index contributed by atoms with van der Waals surface area (Å²) in [5, 5.41) is 3.35. The van der Waals surface area contributed by atoms with Gasteiger partial charge in [-0.25, -0.2) is 0 Å². The molecule has 4 nitrogen and oxygen atoms in total. The average molecular weight is 232 g/mol. The molecule has 0 atom stereocenters. The van der Waals surface area contributed by atoms with Gasteiger partial charge >= 0.3 is 0 Å². The van der Waals surface area contributed by atoms with Gasteiger partial charge in [0.1, 0.15) is 0 Å². The molecular weight excluding hydrogens is 208 g/mol. The van der Waals surface area contributed by atoms with E-state index in [0.29, 0.717) is 0 Å². The van der Waals surface area contributed by atoms with Crippen LogP contribution in [0, 0.1) is 0 Å². The predicted octanol–water partition coefficient (Wildman–Crippen LogP) is -0.136. The second-order valence-corrected chi connectivity index (χ2v) is 6.02. The van der Waals surface area contributed by atoms with Gasteiger partial charge in [-0.15, -0.1) is 0 Å². The zero-order valence-corrected chi connectivity index (χ0v) is 11.4. The Kier molecular flexibility index (Phi) is 7.21. The van der Waals surface area contributed by atoms with E-state index in [-0.39, 0.29) is 15.8 Å². The van der Waals surface area contributed by atoms with Crippen molar-refractivity contribution in [3.05, 3.63) is 0 Å². The Balaban J connectivity index is 1.87. The summed E-state index contributed by atoms with van der Waals surface area (Å²) in [6, 6.07) is 2.55. The van der Waals surface area contributed by atoms with Crippen molar-refractivity contribution < 1.29 is 9.47 Å². The van der Waals surface area contributed by atoms with E-state index in [1.807, 2.05) is 0 Å². The van der Waals surface area contributed by atoms with E-state index < -0.39 is 0 Å². The largest absolute Gasteiger partial charge is 0.356 e. The Morgan fingerprint density at radius 2 is 2.20 bits per heavy atom. The minimum Gasteiger partial charge on any atom is -0.356 e. The van der Waals surface area contributed by atoms with Crippen LogP contribution in [0.4, 0.5) is 0 Å². The molecule has 1 aliphatic heterocycles. The molecule has 0 aromatic rings. The summed E-state index contributed by atoms with van der Waals surface area (Å²) in [6.45, 7) is 4.72. The van der Waals surface area contributed by atoms with Crippen LogP contribution in [0.15, 0.2) is 0 Å². The van der Waals surface area contributed by atoms with Gasteiger partial charge in [-0.05, 0) is 19.0 Å². The van der Waals surface area contributed by atoms with Gasteiger partial charge in [-0.2, -0.15) is 0 Å². The molecule has 90 valence electrons. The van der Waals surface area contributed by atoms with Crippen molar-refractivity contribution in [2.45, 2.75) is 24.8 Å². The normalized spacial score (nSPS) is 18.6. The van der Waals surface area contributed by atoms with Crippen LogP contribution >= 0.6 is 0 Å². The Morgan fingerprint density at radius 3 is 2.80 bits per heavy atom. The minimum atomic E-state index is 0.00695. The third kappa shape index (κ3) is 5.63. The highest BCUT2D eigenvalue weighted by atomic mass is 28.2. The lowest BCUT2D eigenvalue weighted by atomic mass is 10.4. The monoisotopic (exact) mass is 232 g/mol. The maximum absolute atomic E-state index is 5.17. The number of ether oxygens (including phenoxy) is 2. The molecule has 0 aromatic carbocycles. The van der Waals surface area contributed by atoms with Gasteiger partial charge in [0.15, 0.2) is 6.29 Å². The number of hydrogen-bond donors (Lipinski definition) is 1. The Hall–Kier alpha value is 0.0569. The van der Waals surface area contributed by atoms with Crippen LogP contribution in [0.3, 0.4) is 0 Å². The number of rotatable bonds is 8. The van der Waals surface area contributed by atoms with Crippen LogP contribution in [0.1, 0.15) is 6.42 Å². The molecule has 0 saturated carbocycles. The summed E-state index contributed by atoms with van der Waals surface area (Å²) in [6.07, 6.45) is 1.39. The van der Waals surface area contributed by atoms with E-state index in [1.54, 1.807) is 14.2 Å². The third-order valence-electron chi connectivity index (χ3n) is 2.88. The van der Waals surface area contributed by atoms with Crippen molar-refractivity contribution in [1.82, 2.24) is 10.2 Å². The summed E-state index contributed by atoms with van der Waals surface area (Å²) in [5.41, 5.74) is 0. The fourth-order valence-corrected chi connectivity index (χ4v) is 3.57. The van der Waals surface area contributed by atoms with E-state index in [0.717, 1.165) is 19.3 Å². The first-order valence-corrected chi connectivity index (χ1v) is 7.85. The molecule has 0 spiro atoms. The number of nitrogens with one attached hydrogen (secondary N) is 1. The summed E-state index contributed by atoms with van der Waals surface area (Å²) in [7, 11) is 3.45. The molecule has 5 heteroatoms. The molecule has 1 heterocycles. The summed E-state index contributed by atoms with van der Waals surface area (Å²) in [4.78, 5) is 2.48. The first-order chi connectivity index (χ1) is 7.36. The van der Waals surface area contributed by atoms with Crippen molar-refractivity contribution >= 4 is 9.52 Å². The van der Waals surface area contributed by atoms with Gasteiger partial charge in [-0.1, -0.05) is 6.04 Å². The number of nitrogens with zero attached hydrogens (tertiary/aromatic N) is 1. The highest BCUT2D eigenvalue weighted by Gasteiger charge is 2.09. The number of hydrogen-bond acceptors (Lipinski definition) is 4. The van der Waals surface area contributed by atoms with Crippen LogP contribution < -0.4 is 5.32 Å². The van der Waals surface area contributed by atoms with E-state index in [9.17, 15) is 0 Å². The standard InChI is InChI=1S/C10H24N2O2Si/c1-13-10(14-2)8-15-7-3-5-12-6-4-11-9-12/h10-11H,3-9,15H2,1-2H3. The Labute approximate surface area is 95.1 Å². The van der Waals surface area contributed by atoms with E-state index in [2.05, 4.69) is 10.2 Å². The summed E-state index contributed by atoms with van der Waals surface area (Å²) in [5.74, 6) is 0. The lowest BCUT2D eigenvalue weighted by Crippen LogP contribution is -2.23. The van der Waals surface area contributed by atoms with Crippen molar-refractivity contribution in [3.8, 4) is 0 Å². The lowest BCUT2D eigenvalue weighted by molar-refractivity contribution is -0.0876. The summed E-state index contributed by atoms with van der Waals surface area (Å²) >= 11 is 0. The topological polar surface area (TPSA) is 33.7 Å². The van der Waals surface area contributed by atoms with Crippen LogP contribution in [0.5, 0.6) is 0 Å². The van der Waals surface area contributed by atoms with Gasteiger partial charge in [-0.3, -0.25) is 4.90 Å². The van der Waals surface area contributed by atoms with E-state index in [1.165, 1.54) is 25.6 Å². The Morgan fingerprint density at radius 1 is 1.40 bits per heavy atom. The SMILES string of the molecule is COC(C[SiH2]CCCN1CCNC1)OC. The second kappa shape index (κ2) is 8.24. The van der Waals surface area contributed by atoms with Crippen molar-refractivity contribution in [2.24, 2.45) is 0 Å². The molecule has 0 unspecified atom stereocenters. The average Bonchev–Trinajstić information content (AvgIpc) is 2.76. The molecule has 0 bridgehead atoms. The van der Waals surface area contributed by atoms with Gasteiger partial charge in [0.2, 0.25) is 0 Å². The van der Waals surface area contributed by atoms with Gasteiger partial charge in [0, 0.05) is 43.5 Å². The lowest BCUT2D eigenvalue weighted by Gasteiger charge is -2.14. The molecular formula is C10H24N2O2Si. The van der Waals surface area contributed by atoms with Crippen LogP contribution in [0.25, 0.3) is 0 Å². The highest BCUT2D eigenvalue weighted by molar-refractivity contribution is 6.35. The van der Waals surface area contributed by atoms with E-state index >= 15 is 0 Å². The van der Waals surface area contributed by atoms with Gasteiger partial charge in [0.25, 0.3) is 0 Å². The molecule has 0 amide bonds. The molecule has 0 aromatic heterocycles. The highest BCUT2D eigenvalue weighted by Crippen LogP contribution is 2.03. The smallest absolute Gasteiger partial charge is 0.153 e. The molecule has 0 aliphatic carbocycles. The van der Waals surface area contributed by atoms with Crippen molar-refractivity contribution in [3.63, 3.8) is 0 Å². The molecule has 15 heavy (non-hydrogen) atoms. The molecule has 1 saturated heterocycles. The fourth-order valence-electron chi connectivity index (χ4n) is 1.90. The van der Waals surface area contributed by atoms with Crippen molar-refractivity contribution in [1.29, 1.82) is 0 Å². The quantitative estimate of drug-likeness (QED) is 0.359. The maximum Gasteiger partial charge on any atom is 0.153 e. The van der Waals surface area contributed by atoms with E-state index in [4.69, 9.17) is 9.47 Å². The predicted molar refractivity (Wildman–Crippen MR) is 65.0 cm³/mol. The van der Waals surface area contributed by atoms with Crippen LogP contribution in [-0.2, 0) is 9.47 Å². The fraction of sp³-hybridized carbons (Fsp3) is 1.00. The van der Waals surface area contributed by atoms with Crippen LogP contribution in [-0.4, -0.2) is 61.2 Å². The molecule has 1 rings (SSSR count). The summed E-state index contributed by atoms with van der Waals surface area (Å²) < 4.78 is 10.3. The van der Waals surface area contributed by atoms with Gasteiger partial charge in [0.05, 0.1) is 0 Å². The molecule has 1 fully saturated rings. The third-order valence-corrected chi connectivity index (χ3v) is 4.76. The first kappa shape index (κ1) is 13.1. The molecule has 0 radical (unpaired) electrons. The molecule has 1 aliphatic rings. The first-order valence-electron chi connectivity index (χ1n) is 5.85. The number of methoxy groups -OCH3 is 2. The maximum atomic E-state index is 5.17.